The van der Waals surface area contributed by atoms with Gasteiger partial charge in [0.05, 0.1) is 16.7 Å². The van der Waals surface area contributed by atoms with E-state index in [2.05, 4.69) is 92.8 Å². The van der Waals surface area contributed by atoms with Crippen LogP contribution in [0.25, 0.3) is 27.6 Å². The molecule has 0 bridgehead atoms. The van der Waals surface area contributed by atoms with E-state index in [0.29, 0.717) is 0 Å². The zero-order chi connectivity index (χ0) is 21.5. The summed E-state index contributed by atoms with van der Waals surface area (Å²) < 4.78 is 2.25. The lowest BCUT2D eigenvalue weighted by Gasteiger charge is -2.24. The van der Waals surface area contributed by atoms with E-state index in [0.717, 1.165) is 17.0 Å². The number of hydrogen-bond acceptors (Lipinski definition) is 5. The fraction of sp³-hybridized carbons (Fsp3) is 0.0385. The lowest BCUT2D eigenvalue weighted by molar-refractivity contribution is 0.302. The van der Waals surface area contributed by atoms with Gasteiger partial charge in [0.15, 0.2) is 0 Å². The molecule has 5 aromatic rings. The Kier molecular flexibility index (Phi) is 4.60. The van der Waals surface area contributed by atoms with Crippen LogP contribution in [0.4, 0.5) is 5.69 Å². The van der Waals surface area contributed by atoms with Crippen LogP contribution in [-0.2, 0) is 0 Å². The van der Waals surface area contributed by atoms with Crippen LogP contribution in [-0.4, -0.2) is 21.7 Å². The maximum atomic E-state index is 4.63. The van der Waals surface area contributed by atoms with Crippen LogP contribution in [0.3, 0.4) is 0 Å². The normalized spacial score (nSPS) is 13.8. The van der Waals surface area contributed by atoms with Crippen molar-refractivity contribution in [2.45, 2.75) is 9.79 Å². The van der Waals surface area contributed by atoms with E-state index in [-0.39, 0.29) is 0 Å². The molecule has 0 unspecified atom stereocenters. The molecule has 0 saturated carbocycles. The standard InChI is InChI=1S/C26H21N5S/c1-29-28-15-16-30(29)19-7-6-8-20(17-19)32-21-12-13-23-22-9-2-3-10-24(22)31(25(23)18-21)26-11-4-5-14-27-26/h2-18,28H,1H3. The molecule has 1 N–H and O–H groups in total. The molecule has 6 rings (SSSR count). The van der Waals surface area contributed by atoms with Crippen molar-refractivity contribution in [3.05, 3.63) is 104 Å². The van der Waals surface area contributed by atoms with Crippen molar-refractivity contribution >= 4 is 39.3 Å². The number of nitrogens with zero attached hydrogens (tertiary/aromatic N) is 4. The number of rotatable bonds is 4. The molecule has 156 valence electrons. The molecule has 0 spiro atoms. The molecule has 6 heteroatoms. The van der Waals surface area contributed by atoms with Crippen molar-refractivity contribution in [1.82, 2.24) is 20.1 Å². The first-order valence-electron chi connectivity index (χ1n) is 10.5. The van der Waals surface area contributed by atoms with Gasteiger partial charge in [-0.1, -0.05) is 48.2 Å². The molecule has 32 heavy (non-hydrogen) atoms. The molecule has 0 amide bonds. The minimum Gasteiger partial charge on any atom is -0.307 e. The number of nitrogens with one attached hydrogen (secondary N) is 1. The Morgan fingerprint density at radius 2 is 1.62 bits per heavy atom. The second-order valence-corrected chi connectivity index (χ2v) is 8.78. The topological polar surface area (TPSA) is 36.3 Å². The van der Waals surface area contributed by atoms with Gasteiger partial charge in [0.25, 0.3) is 0 Å². The van der Waals surface area contributed by atoms with E-state index >= 15 is 0 Å². The molecule has 0 saturated heterocycles. The predicted molar refractivity (Wildman–Crippen MR) is 132 cm³/mol. The predicted octanol–water partition coefficient (Wildman–Crippen LogP) is 5.97. The minimum atomic E-state index is 0.930. The van der Waals surface area contributed by atoms with Gasteiger partial charge in [-0.2, -0.15) is 0 Å². The number of pyridine rings is 1. The summed E-state index contributed by atoms with van der Waals surface area (Å²) in [5.74, 6) is 0.930. The fourth-order valence-corrected chi connectivity index (χ4v) is 5.11. The van der Waals surface area contributed by atoms with Crippen LogP contribution in [0.15, 0.2) is 113 Å². The molecule has 1 aliphatic heterocycles. The summed E-state index contributed by atoms with van der Waals surface area (Å²) in [5.41, 5.74) is 6.60. The largest absolute Gasteiger partial charge is 0.307 e. The smallest absolute Gasteiger partial charge is 0.137 e. The molecule has 0 atom stereocenters. The zero-order valence-electron chi connectivity index (χ0n) is 17.5. The van der Waals surface area contributed by atoms with Gasteiger partial charge < -0.3 is 5.43 Å². The number of benzene rings is 3. The quantitative estimate of drug-likeness (QED) is 0.376. The van der Waals surface area contributed by atoms with Gasteiger partial charge in [-0.05, 0) is 48.5 Å². The Balaban J connectivity index is 1.44. The van der Waals surface area contributed by atoms with Crippen LogP contribution < -0.4 is 10.4 Å². The van der Waals surface area contributed by atoms with Crippen molar-refractivity contribution in [2.75, 3.05) is 12.1 Å². The summed E-state index contributed by atoms with van der Waals surface area (Å²) in [6.45, 7) is 0. The van der Waals surface area contributed by atoms with Gasteiger partial charge in [-0.25, -0.2) is 4.98 Å². The Labute approximate surface area is 190 Å². The summed E-state index contributed by atoms with van der Waals surface area (Å²) in [6, 6.07) is 29.8. The molecule has 1 aliphatic rings. The van der Waals surface area contributed by atoms with E-state index < -0.39 is 0 Å². The number of anilines is 1. The Morgan fingerprint density at radius 1 is 0.781 bits per heavy atom. The van der Waals surface area contributed by atoms with E-state index in [1.807, 2.05) is 42.9 Å². The number of hydrazine groups is 2. The number of hydrogen-bond donors (Lipinski definition) is 1. The number of fused-ring (bicyclic) bond motifs is 3. The third kappa shape index (κ3) is 3.21. The molecule has 0 aliphatic carbocycles. The molecular formula is C26H21N5S. The van der Waals surface area contributed by atoms with Crippen LogP contribution in [0.2, 0.25) is 0 Å². The highest BCUT2D eigenvalue weighted by atomic mass is 32.2. The lowest BCUT2D eigenvalue weighted by atomic mass is 10.2. The summed E-state index contributed by atoms with van der Waals surface area (Å²) in [5, 5.41) is 6.50. The van der Waals surface area contributed by atoms with E-state index in [9.17, 15) is 0 Å². The fourth-order valence-electron chi connectivity index (χ4n) is 4.21. The minimum absolute atomic E-state index is 0.930. The molecule has 5 nitrogen and oxygen atoms in total. The maximum Gasteiger partial charge on any atom is 0.137 e. The first-order chi connectivity index (χ1) is 15.8. The van der Waals surface area contributed by atoms with Crippen molar-refractivity contribution in [3.8, 4) is 5.82 Å². The molecule has 0 radical (unpaired) electrons. The lowest BCUT2D eigenvalue weighted by Crippen LogP contribution is -2.37. The number of aromatic nitrogens is 2. The van der Waals surface area contributed by atoms with Gasteiger partial charge in [-0.3, -0.25) is 9.58 Å². The highest BCUT2D eigenvalue weighted by Gasteiger charge is 2.15. The summed E-state index contributed by atoms with van der Waals surface area (Å²) in [4.78, 5) is 7.02. The molecule has 0 fully saturated rings. The van der Waals surface area contributed by atoms with Gasteiger partial charge in [0.1, 0.15) is 5.82 Å². The second-order valence-electron chi connectivity index (χ2n) is 7.63. The van der Waals surface area contributed by atoms with E-state index in [1.165, 1.54) is 26.1 Å². The van der Waals surface area contributed by atoms with Gasteiger partial charge in [0, 0.05) is 46.2 Å². The first kappa shape index (κ1) is 19.0. The van der Waals surface area contributed by atoms with Crippen molar-refractivity contribution in [2.24, 2.45) is 0 Å². The van der Waals surface area contributed by atoms with Crippen molar-refractivity contribution in [3.63, 3.8) is 0 Å². The van der Waals surface area contributed by atoms with Gasteiger partial charge >= 0.3 is 0 Å². The summed E-state index contributed by atoms with van der Waals surface area (Å²) >= 11 is 1.77. The molecule has 3 heterocycles. The van der Waals surface area contributed by atoms with Gasteiger partial charge in [0.2, 0.25) is 0 Å². The zero-order valence-corrected chi connectivity index (χ0v) is 18.3. The second kappa shape index (κ2) is 7.75. The van der Waals surface area contributed by atoms with E-state index in [1.54, 1.807) is 11.8 Å². The van der Waals surface area contributed by atoms with Crippen molar-refractivity contribution < 1.29 is 0 Å². The SMILES string of the molecule is CN1NC=CN1c1cccc(Sc2ccc3c4ccccc4n(-c4ccccn4)c3c2)c1. The first-order valence-corrected chi connectivity index (χ1v) is 11.3. The maximum absolute atomic E-state index is 4.63. The summed E-state index contributed by atoms with van der Waals surface area (Å²) in [7, 11) is 1.99. The van der Waals surface area contributed by atoms with Crippen LogP contribution >= 0.6 is 11.8 Å². The number of para-hydroxylation sites is 1. The average Bonchev–Trinajstić information content (AvgIpc) is 3.40. The van der Waals surface area contributed by atoms with Crippen LogP contribution in [0.1, 0.15) is 0 Å². The molecule has 3 aromatic carbocycles. The van der Waals surface area contributed by atoms with Gasteiger partial charge in [-0.15, -0.1) is 5.12 Å². The third-order valence-electron chi connectivity index (χ3n) is 5.64. The monoisotopic (exact) mass is 435 g/mol. The summed E-state index contributed by atoms with van der Waals surface area (Å²) in [6.07, 6.45) is 5.78. The highest BCUT2D eigenvalue weighted by Crippen LogP contribution is 2.37. The average molecular weight is 436 g/mol. The van der Waals surface area contributed by atoms with Crippen LogP contribution in [0, 0.1) is 0 Å². The van der Waals surface area contributed by atoms with Crippen molar-refractivity contribution in [1.29, 1.82) is 0 Å². The van der Waals surface area contributed by atoms with E-state index in [4.69, 9.17) is 0 Å². The third-order valence-corrected chi connectivity index (χ3v) is 6.62. The Hall–Kier alpha value is -3.74. The van der Waals surface area contributed by atoms with Crippen LogP contribution in [0.5, 0.6) is 0 Å². The highest BCUT2D eigenvalue weighted by molar-refractivity contribution is 7.99. The molecule has 2 aromatic heterocycles. The Morgan fingerprint density at radius 3 is 2.47 bits per heavy atom. The molecular weight excluding hydrogens is 414 g/mol. The Bertz CT molecular complexity index is 1460.